The van der Waals surface area contributed by atoms with Crippen LogP contribution in [-0.2, 0) is 52.8 Å². The number of alkyl halides is 2. The van der Waals surface area contributed by atoms with Crippen LogP contribution in [0.5, 0.6) is 0 Å². The van der Waals surface area contributed by atoms with E-state index in [1.807, 2.05) is 37.3 Å². The first kappa shape index (κ1) is 50.8. The first-order valence-electron chi connectivity index (χ1n) is 23.8. The van der Waals surface area contributed by atoms with Gasteiger partial charge in [0, 0.05) is 80.8 Å². The number of cyclic esters (lactones) is 1. The van der Waals surface area contributed by atoms with Gasteiger partial charge in [0.25, 0.3) is 18.2 Å². The van der Waals surface area contributed by atoms with Crippen LogP contribution in [0.2, 0.25) is 0 Å². The van der Waals surface area contributed by atoms with Gasteiger partial charge < -0.3 is 34.3 Å². The van der Waals surface area contributed by atoms with Gasteiger partial charge in [-0.05, 0) is 91.6 Å². The molecule has 2 fully saturated rings. The zero-order chi connectivity index (χ0) is 49.9. The Labute approximate surface area is 402 Å². The van der Waals surface area contributed by atoms with E-state index in [2.05, 4.69) is 60.3 Å². The highest BCUT2D eigenvalue weighted by molar-refractivity contribution is 5.97. The van der Waals surface area contributed by atoms with Gasteiger partial charge in [-0.2, -0.15) is 0 Å². The fraction of sp³-hybridized carbons (Fsp3) is 0.500. The van der Waals surface area contributed by atoms with Gasteiger partial charge in [0.1, 0.15) is 18.1 Å². The topological polar surface area (TPSA) is 176 Å². The number of likely N-dealkylation sites (tertiary alicyclic amines) is 1. The molecule has 15 nitrogen and oxygen atoms in total. The summed E-state index contributed by atoms with van der Waals surface area (Å²) in [6.45, 7) is 12.2. The Morgan fingerprint density at radius 1 is 1.07 bits per heavy atom. The molecule has 5 atom stereocenters. The minimum atomic E-state index is -2.85. The average Bonchev–Trinajstić information content (AvgIpc) is 3.88. The average molecular weight is 954 g/mol. The molecule has 370 valence electrons. The molecule has 0 spiro atoms. The summed E-state index contributed by atoms with van der Waals surface area (Å²) in [7, 11) is 3.04. The van der Waals surface area contributed by atoms with Crippen molar-refractivity contribution in [3.05, 3.63) is 89.8 Å². The van der Waals surface area contributed by atoms with Crippen LogP contribution in [0.3, 0.4) is 0 Å². The highest BCUT2D eigenvalue weighted by Gasteiger charge is 2.48. The van der Waals surface area contributed by atoms with Crippen molar-refractivity contribution >= 4 is 40.5 Å². The van der Waals surface area contributed by atoms with Gasteiger partial charge >= 0.3 is 5.97 Å². The van der Waals surface area contributed by atoms with Crippen molar-refractivity contribution < 1.29 is 47.3 Å². The van der Waals surface area contributed by atoms with Crippen LogP contribution < -0.4 is 10.7 Å². The molecule has 2 aromatic heterocycles. The second-order valence-electron chi connectivity index (χ2n) is 19.7. The van der Waals surface area contributed by atoms with E-state index in [4.69, 9.17) is 14.5 Å². The minimum absolute atomic E-state index is 0.0425. The number of allylic oxidation sites excluding steroid dienone is 1. The summed E-state index contributed by atoms with van der Waals surface area (Å²) < 4.78 is 39.7. The normalized spacial score (nSPS) is 21.9. The smallest absolute Gasteiger partial charge is 0.324 e. The summed E-state index contributed by atoms with van der Waals surface area (Å²) >= 11 is 0. The van der Waals surface area contributed by atoms with E-state index in [0.29, 0.717) is 38.0 Å². The number of nitrogens with one attached hydrogen (secondary N) is 2. The van der Waals surface area contributed by atoms with Crippen LogP contribution in [0, 0.1) is 11.3 Å². The van der Waals surface area contributed by atoms with Gasteiger partial charge in [-0.1, -0.05) is 58.0 Å². The van der Waals surface area contributed by atoms with Crippen molar-refractivity contribution in [3.63, 3.8) is 0 Å². The first-order valence-corrected chi connectivity index (χ1v) is 23.8. The molecule has 5 heterocycles. The monoisotopic (exact) mass is 953 g/mol. The fourth-order valence-corrected chi connectivity index (χ4v) is 10.0. The lowest BCUT2D eigenvalue weighted by molar-refractivity contribution is -0.156. The van der Waals surface area contributed by atoms with Gasteiger partial charge in [0.05, 0.1) is 30.6 Å². The second kappa shape index (κ2) is 20.9. The van der Waals surface area contributed by atoms with E-state index in [9.17, 15) is 37.9 Å². The van der Waals surface area contributed by atoms with Crippen LogP contribution in [0.1, 0.15) is 83.7 Å². The highest BCUT2D eigenvalue weighted by atomic mass is 19.3. The maximum Gasteiger partial charge on any atom is 0.324 e. The number of aryl methyl sites for hydroxylation is 1. The van der Waals surface area contributed by atoms with Gasteiger partial charge in [-0.25, -0.2) is 14.2 Å². The molecular weight excluding hydrogens is 889 g/mol. The summed E-state index contributed by atoms with van der Waals surface area (Å²) in [4.78, 5) is 76.8. The number of rotatable bonds is 11. The third kappa shape index (κ3) is 10.9. The molecule has 0 radical (unpaired) electrons. The Hall–Kier alpha value is -6.04. The molecule has 0 aliphatic carbocycles. The second-order valence-corrected chi connectivity index (χ2v) is 19.7. The standard InChI is InChI=1S/C52H65F2N7O8/c1-9-60-41-18-17-35-27-37(41)38(46(60)36-15-11-22-55-44(36)32(4)68-8)28-51(5,6)30-69-49(65)39-16-12-23-61(57-39)48(64)40(26-33-13-10-14-34(35)25-33)56-47(63)45(31(2)3)58(7)50(66)52(67)21-24-59(29-52)43(62)20-19-42(53)54/h10-11,13-15,17-20,22,25,27,31-32,39-40,42,45,57,67H,9,12,16,21,23-24,26,28-30H2,1-8H3,(H,56,63)/b20-19+/t32-,39-,40-,45-,52?/m0/s1. The van der Waals surface area contributed by atoms with Crippen molar-refractivity contribution in [1.29, 1.82) is 0 Å². The number of benzene rings is 2. The van der Waals surface area contributed by atoms with Gasteiger partial charge in [-0.15, -0.1) is 0 Å². The molecule has 3 N–H and O–H groups in total. The lowest BCUT2D eigenvalue weighted by Gasteiger charge is -2.37. The Morgan fingerprint density at radius 3 is 2.54 bits per heavy atom. The van der Waals surface area contributed by atoms with Crippen LogP contribution in [0.4, 0.5) is 8.78 Å². The predicted molar refractivity (Wildman–Crippen MR) is 256 cm³/mol. The summed E-state index contributed by atoms with van der Waals surface area (Å²) in [6, 6.07) is 15.0. The number of aromatic nitrogens is 2. The number of esters is 1. The summed E-state index contributed by atoms with van der Waals surface area (Å²) in [5.41, 5.74) is 7.90. The number of ether oxygens (including phenoxy) is 2. The molecule has 2 aromatic carbocycles. The molecule has 2 saturated heterocycles. The number of aliphatic hydroxyl groups is 1. The highest BCUT2D eigenvalue weighted by Crippen LogP contribution is 2.42. The van der Waals surface area contributed by atoms with Gasteiger partial charge in [0.15, 0.2) is 5.60 Å². The van der Waals surface area contributed by atoms with Crippen LogP contribution in [-0.4, -0.2) is 130 Å². The summed E-state index contributed by atoms with van der Waals surface area (Å²) in [5, 5.41) is 16.9. The maximum atomic E-state index is 14.7. The van der Waals surface area contributed by atoms with Crippen LogP contribution in [0.15, 0.2) is 72.9 Å². The summed E-state index contributed by atoms with van der Waals surface area (Å²) in [5.74, 6) is -3.79. The quantitative estimate of drug-likeness (QED) is 0.119. The summed E-state index contributed by atoms with van der Waals surface area (Å²) in [6.07, 6.45) is 1.10. The van der Waals surface area contributed by atoms with Crippen molar-refractivity contribution in [2.24, 2.45) is 11.3 Å². The Balaban J connectivity index is 1.26. The zero-order valence-corrected chi connectivity index (χ0v) is 40.8. The molecule has 4 amide bonds. The number of halogens is 2. The van der Waals surface area contributed by atoms with Crippen LogP contribution in [0.25, 0.3) is 33.3 Å². The number of methoxy groups -OCH3 is 1. The molecule has 4 aromatic rings. The Bertz CT molecular complexity index is 2610. The predicted octanol–water partition coefficient (Wildman–Crippen LogP) is 6.01. The van der Waals surface area contributed by atoms with Crippen LogP contribution >= 0.6 is 0 Å². The van der Waals surface area contributed by atoms with E-state index in [-0.39, 0.29) is 38.6 Å². The molecule has 3 aliphatic rings. The number of amides is 4. The number of hydrogen-bond acceptors (Lipinski definition) is 10. The molecule has 0 saturated carbocycles. The Kier molecular flexibility index (Phi) is 15.4. The zero-order valence-electron chi connectivity index (χ0n) is 40.8. The third-order valence-electron chi connectivity index (χ3n) is 13.6. The largest absolute Gasteiger partial charge is 0.464 e. The van der Waals surface area contributed by atoms with Crippen molar-refractivity contribution in [1.82, 2.24) is 35.1 Å². The van der Waals surface area contributed by atoms with Gasteiger partial charge in [0.2, 0.25) is 11.8 Å². The number of pyridine rings is 1. The lowest BCUT2D eigenvalue weighted by atomic mass is 9.84. The number of carbonyl (C=O) groups excluding carboxylic acids is 5. The van der Waals surface area contributed by atoms with E-state index in [1.54, 1.807) is 27.2 Å². The number of likely N-dealkylation sites (N-methyl/N-ethyl adjacent to an activating group) is 1. The van der Waals surface area contributed by atoms with Crippen molar-refractivity contribution in [2.45, 2.75) is 116 Å². The molecular formula is C52H65F2N7O8. The van der Waals surface area contributed by atoms with E-state index < -0.39 is 77.6 Å². The first-order chi connectivity index (χ1) is 32.7. The number of hydrogen-bond donors (Lipinski definition) is 3. The number of hydrazine groups is 1. The van der Waals surface area contributed by atoms with E-state index in [0.717, 1.165) is 59.9 Å². The molecule has 6 bridgehead atoms. The number of nitrogens with zero attached hydrogens (tertiary/aromatic N) is 5. The fourth-order valence-electron chi connectivity index (χ4n) is 10.0. The number of fused-ring (bicyclic) bond motifs is 6. The third-order valence-corrected chi connectivity index (χ3v) is 13.6. The van der Waals surface area contributed by atoms with E-state index >= 15 is 0 Å². The molecule has 17 heteroatoms. The minimum Gasteiger partial charge on any atom is -0.464 e. The molecule has 3 aliphatic heterocycles. The van der Waals surface area contributed by atoms with Crippen molar-refractivity contribution in [2.75, 3.05) is 40.4 Å². The Morgan fingerprint density at radius 2 is 1.83 bits per heavy atom. The molecule has 7 rings (SSSR count). The van der Waals surface area contributed by atoms with Crippen molar-refractivity contribution in [3.8, 4) is 22.4 Å². The SMILES string of the molecule is CCn1c(-c2cccnc2[C@H](C)OC)c2c3cc(ccc31)-c1cccc(c1)C[C@H](NC(=O)[C@H](C(C)C)N(C)C(=O)C1(O)CCN(C(=O)/C=C/C(F)F)C1)C(=O)N1CCC[C@H](N1)C(=O)OCC(C)(C)C2. The van der Waals surface area contributed by atoms with Gasteiger partial charge in [-0.3, -0.25) is 34.0 Å². The maximum absolute atomic E-state index is 14.7. The van der Waals surface area contributed by atoms with E-state index in [1.165, 1.54) is 12.1 Å². The number of β-amino-alcohol motifs (C(OH)–C–C–N with tert-alkyl or cyclic N) is 1. The molecule has 1 unspecified atom stereocenters. The lowest BCUT2D eigenvalue weighted by Crippen LogP contribution is -2.63. The molecule has 69 heavy (non-hydrogen) atoms. The number of carbonyl (C=O) groups is 5.